The maximum atomic E-state index is 12.5. The summed E-state index contributed by atoms with van der Waals surface area (Å²) in [5.74, 6) is -3.87. The van der Waals surface area contributed by atoms with Crippen molar-refractivity contribution < 1.29 is 34.5 Å². The van der Waals surface area contributed by atoms with Gasteiger partial charge in [0.05, 0.1) is 18.8 Å². The molecule has 0 bridgehead atoms. The van der Waals surface area contributed by atoms with Gasteiger partial charge in [-0.1, -0.05) is 34.1 Å². The molecule has 0 saturated carbocycles. The maximum absolute atomic E-state index is 12.5. The molecular formula is C19H36N4O7. The summed E-state index contributed by atoms with van der Waals surface area (Å²) in [6.07, 6.45) is -0.519. The topological polar surface area (TPSA) is 191 Å². The van der Waals surface area contributed by atoms with Gasteiger partial charge in [0, 0.05) is 0 Å². The summed E-state index contributed by atoms with van der Waals surface area (Å²) in [4.78, 5) is 48.4. The van der Waals surface area contributed by atoms with E-state index in [0.29, 0.717) is 6.42 Å². The Morgan fingerprint density at radius 2 is 1.43 bits per heavy atom. The molecule has 6 unspecified atom stereocenters. The number of amides is 3. The Morgan fingerprint density at radius 3 is 1.83 bits per heavy atom. The molecule has 8 N–H and O–H groups in total. The summed E-state index contributed by atoms with van der Waals surface area (Å²) in [6.45, 7) is 7.66. The average molecular weight is 433 g/mol. The first kappa shape index (κ1) is 27.8. The fourth-order valence-electron chi connectivity index (χ4n) is 2.59. The number of carboxylic acid groups (broad SMARTS) is 1. The molecule has 0 aromatic carbocycles. The standard InChI is InChI=1S/C19H36N4O7/c1-6-10(4)14(20)17(27)23-15(11(5)25)18(28)22-13(8-24)16(26)21-12(19(29)30)7-9(2)3/h9-15,24-25H,6-8,20H2,1-5H3,(H,21,26)(H,22,28)(H,23,27)(H,29,30). The lowest BCUT2D eigenvalue weighted by Gasteiger charge is -2.26. The largest absolute Gasteiger partial charge is 0.480 e. The molecule has 3 amide bonds. The zero-order valence-electron chi connectivity index (χ0n) is 18.2. The highest BCUT2D eigenvalue weighted by molar-refractivity contribution is 5.94. The average Bonchev–Trinajstić information content (AvgIpc) is 2.66. The van der Waals surface area contributed by atoms with Gasteiger partial charge in [-0.2, -0.15) is 0 Å². The summed E-state index contributed by atoms with van der Waals surface area (Å²) in [7, 11) is 0. The fraction of sp³-hybridized carbons (Fsp3) is 0.789. The van der Waals surface area contributed by atoms with E-state index in [4.69, 9.17) is 5.73 Å². The molecule has 0 fully saturated rings. The van der Waals surface area contributed by atoms with E-state index < -0.39 is 60.6 Å². The third kappa shape index (κ3) is 9.06. The van der Waals surface area contributed by atoms with Gasteiger partial charge in [-0.3, -0.25) is 14.4 Å². The number of aliphatic hydroxyl groups excluding tert-OH is 2. The van der Waals surface area contributed by atoms with Crippen molar-refractivity contribution in [2.75, 3.05) is 6.61 Å². The Morgan fingerprint density at radius 1 is 0.900 bits per heavy atom. The zero-order chi connectivity index (χ0) is 23.6. The van der Waals surface area contributed by atoms with E-state index >= 15 is 0 Å². The van der Waals surface area contributed by atoms with Gasteiger partial charge in [0.1, 0.15) is 18.1 Å². The van der Waals surface area contributed by atoms with Crippen LogP contribution < -0.4 is 21.7 Å². The van der Waals surface area contributed by atoms with Crippen molar-refractivity contribution in [3.63, 3.8) is 0 Å². The van der Waals surface area contributed by atoms with Crippen molar-refractivity contribution in [1.29, 1.82) is 0 Å². The number of carboxylic acids is 1. The van der Waals surface area contributed by atoms with Crippen molar-refractivity contribution in [2.24, 2.45) is 17.6 Å². The highest BCUT2D eigenvalue weighted by atomic mass is 16.4. The molecule has 6 atom stereocenters. The van der Waals surface area contributed by atoms with Crippen LogP contribution in [0.1, 0.15) is 47.5 Å². The molecule has 0 aliphatic heterocycles. The normalized spacial score (nSPS) is 17.2. The van der Waals surface area contributed by atoms with Crippen LogP contribution in [0.25, 0.3) is 0 Å². The number of hydrogen-bond donors (Lipinski definition) is 7. The van der Waals surface area contributed by atoms with Crippen LogP contribution in [-0.4, -0.2) is 75.9 Å². The van der Waals surface area contributed by atoms with Gasteiger partial charge < -0.3 is 37.0 Å². The van der Waals surface area contributed by atoms with E-state index in [1.807, 2.05) is 6.92 Å². The minimum atomic E-state index is -1.46. The van der Waals surface area contributed by atoms with Crippen LogP contribution in [0.2, 0.25) is 0 Å². The summed E-state index contributed by atoms with van der Waals surface area (Å²) >= 11 is 0. The molecule has 0 rings (SSSR count). The third-order valence-corrected chi connectivity index (χ3v) is 4.76. The van der Waals surface area contributed by atoms with Crippen molar-refractivity contribution in [3.05, 3.63) is 0 Å². The second-order valence-corrected chi connectivity index (χ2v) is 7.91. The van der Waals surface area contributed by atoms with Crippen LogP contribution in [0.5, 0.6) is 0 Å². The molecule has 0 aliphatic rings. The molecular weight excluding hydrogens is 396 g/mol. The molecule has 0 aromatic rings. The van der Waals surface area contributed by atoms with Crippen molar-refractivity contribution in [1.82, 2.24) is 16.0 Å². The maximum Gasteiger partial charge on any atom is 0.326 e. The lowest BCUT2D eigenvalue weighted by atomic mass is 9.98. The molecule has 0 heterocycles. The van der Waals surface area contributed by atoms with Gasteiger partial charge in [0.25, 0.3) is 0 Å². The van der Waals surface area contributed by atoms with E-state index in [2.05, 4.69) is 16.0 Å². The van der Waals surface area contributed by atoms with Crippen molar-refractivity contribution >= 4 is 23.7 Å². The van der Waals surface area contributed by atoms with Crippen molar-refractivity contribution in [2.45, 2.75) is 77.7 Å². The highest BCUT2D eigenvalue weighted by Gasteiger charge is 2.33. The van der Waals surface area contributed by atoms with Gasteiger partial charge in [-0.25, -0.2) is 4.79 Å². The Bertz CT molecular complexity index is 597. The van der Waals surface area contributed by atoms with Crippen molar-refractivity contribution in [3.8, 4) is 0 Å². The molecule has 0 spiro atoms. The van der Waals surface area contributed by atoms with Gasteiger partial charge in [0.15, 0.2) is 0 Å². The van der Waals surface area contributed by atoms with Crippen LogP contribution in [0.4, 0.5) is 0 Å². The van der Waals surface area contributed by atoms with Gasteiger partial charge in [0.2, 0.25) is 17.7 Å². The number of nitrogens with one attached hydrogen (secondary N) is 3. The first-order valence-electron chi connectivity index (χ1n) is 10.0. The lowest BCUT2D eigenvalue weighted by Crippen LogP contribution is -2.61. The molecule has 0 aromatic heterocycles. The third-order valence-electron chi connectivity index (χ3n) is 4.76. The number of carbonyl (C=O) groups excluding carboxylic acids is 3. The van der Waals surface area contributed by atoms with Crippen LogP contribution in [0.15, 0.2) is 0 Å². The van der Waals surface area contributed by atoms with Gasteiger partial charge in [-0.15, -0.1) is 0 Å². The van der Waals surface area contributed by atoms with Gasteiger partial charge >= 0.3 is 5.97 Å². The first-order chi connectivity index (χ1) is 13.8. The predicted octanol–water partition coefficient (Wildman–Crippen LogP) is -1.68. The van der Waals surface area contributed by atoms with Crippen LogP contribution in [-0.2, 0) is 19.2 Å². The van der Waals surface area contributed by atoms with E-state index in [9.17, 15) is 34.5 Å². The first-order valence-corrected chi connectivity index (χ1v) is 10.0. The SMILES string of the molecule is CCC(C)C(N)C(=O)NC(C(=O)NC(CO)C(=O)NC(CC(C)C)C(=O)O)C(C)O. The number of aliphatic hydroxyl groups is 2. The predicted molar refractivity (Wildman–Crippen MR) is 109 cm³/mol. The fourth-order valence-corrected chi connectivity index (χ4v) is 2.59. The second kappa shape index (κ2) is 13.1. The number of hydrogen-bond acceptors (Lipinski definition) is 7. The quantitative estimate of drug-likeness (QED) is 0.179. The second-order valence-electron chi connectivity index (χ2n) is 7.91. The van der Waals surface area contributed by atoms with Crippen LogP contribution in [0.3, 0.4) is 0 Å². The zero-order valence-corrected chi connectivity index (χ0v) is 18.2. The lowest BCUT2D eigenvalue weighted by molar-refractivity contribution is -0.143. The summed E-state index contributed by atoms with van der Waals surface area (Å²) in [5.41, 5.74) is 5.83. The van der Waals surface area contributed by atoms with Crippen LogP contribution in [0, 0.1) is 11.8 Å². The molecule has 11 nitrogen and oxygen atoms in total. The molecule has 0 saturated heterocycles. The Labute approximate surface area is 176 Å². The Balaban J connectivity index is 5.20. The summed E-state index contributed by atoms with van der Waals surface area (Å²) in [6, 6.07) is -4.97. The molecule has 174 valence electrons. The Hall–Kier alpha value is -2.24. The van der Waals surface area contributed by atoms with Gasteiger partial charge in [-0.05, 0) is 25.2 Å². The minimum absolute atomic E-state index is 0.0156. The van der Waals surface area contributed by atoms with Crippen LogP contribution >= 0.6 is 0 Å². The van der Waals surface area contributed by atoms with E-state index in [0.717, 1.165) is 0 Å². The number of nitrogens with two attached hydrogens (primary N) is 1. The number of carbonyl (C=O) groups is 4. The molecule has 30 heavy (non-hydrogen) atoms. The summed E-state index contributed by atoms with van der Waals surface area (Å²) in [5, 5.41) is 35.4. The van der Waals surface area contributed by atoms with E-state index in [1.165, 1.54) is 6.92 Å². The number of aliphatic carboxylic acids is 1. The van der Waals surface area contributed by atoms with E-state index in [1.54, 1.807) is 20.8 Å². The monoisotopic (exact) mass is 432 g/mol. The summed E-state index contributed by atoms with van der Waals surface area (Å²) < 4.78 is 0. The highest BCUT2D eigenvalue weighted by Crippen LogP contribution is 2.07. The molecule has 0 radical (unpaired) electrons. The Kier molecular flexibility index (Phi) is 12.2. The van der Waals surface area contributed by atoms with E-state index in [-0.39, 0.29) is 18.3 Å². The smallest absolute Gasteiger partial charge is 0.326 e. The number of rotatable bonds is 13. The molecule has 0 aliphatic carbocycles. The minimum Gasteiger partial charge on any atom is -0.480 e. The molecule has 11 heteroatoms.